The number of rotatable bonds is 3. The lowest BCUT2D eigenvalue weighted by Gasteiger charge is -2.08. The summed E-state index contributed by atoms with van der Waals surface area (Å²) in [6.07, 6.45) is -2.11. The number of aliphatic carboxylic acids is 1. The Morgan fingerprint density at radius 2 is 2.12 bits per heavy atom. The van der Waals surface area contributed by atoms with Crippen LogP contribution >= 0.6 is 0 Å². The van der Waals surface area contributed by atoms with Crippen LogP contribution in [0.1, 0.15) is 17.2 Å². The Morgan fingerprint density at radius 3 is 2.56 bits per heavy atom. The predicted octanol–water partition coefficient (Wildman–Crippen LogP) is 1.16. The molecule has 1 atom stereocenters. The SMILES string of the molecule is Cc1cc(C(O)C(=O)O)c(F)c([N+](=O)[O-])c1. The summed E-state index contributed by atoms with van der Waals surface area (Å²) in [4.78, 5) is 19.9. The molecule has 0 bridgehead atoms. The van der Waals surface area contributed by atoms with Gasteiger partial charge in [0.05, 0.1) is 4.92 Å². The first kappa shape index (κ1) is 12.1. The predicted molar refractivity (Wildman–Crippen MR) is 50.4 cm³/mol. The molecule has 1 unspecified atom stereocenters. The van der Waals surface area contributed by atoms with Gasteiger partial charge in [-0.05, 0) is 18.6 Å². The van der Waals surface area contributed by atoms with Crippen molar-refractivity contribution >= 4 is 11.7 Å². The van der Waals surface area contributed by atoms with Gasteiger partial charge in [0, 0.05) is 11.6 Å². The molecule has 7 heteroatoms. The number of nitrogens with zero attached hydrogens (tertiary/aromatic N) is 1. The van der Waals surface area contributed by atoms with Gasteiger partial charge in [0.1, 0.15) is 0 Å². The van der Waals surface area contributed by atoms with Gasteiger partial charge in [0.15, 0.2) is 6.10 Å². The molecule has 1 aromatic rings. The van der Waals surface area contributed by atoms with E-state index in [1.54, 1.807) is 0 Å². The fraction of sp³-hybridized carbons (Fsp3) is 0.222. The van der Waals surface area contributed by atoms with E-state index in [-0.39, 0.29) is 0 Å². The van der Waals surface area contributed by atoms with Crippen molar-refractivity contribution in [3.05, 3.63) is 39.2 Å². The first-order valence-electron chi connectivity index (χ1n) is 4.20. The maximum Gasteiger partial charge on any atom is 0.337 e. The molecule has 1 rings (SSSR count). The minimum atomic E-state index is -2.11. The van der Waals surface area contributed by atoms with Gasteiger partial charge < -0.3 is 10.2 Å². The Kier molecular flexibility index (Phi) is 3.19. The summed E-state index contributed by atoms with van der Waals surface area (Å²) < 4.78 is 13.4. The number of aliphatic hydroxyl groups excluding tert-OH is 1. The molecule has 1 aromatic carbocycles. The molecule has 0 fully saturated rings. The van der Waals surface area contributed by atoms with Crippen LogP contribution in [0.25, 0.3) is 0 Å². The summed E-state index contributed by atoms with van der Waals surface area (Å²) in [5.41, 5.74) is -1.17. The average molecular weight is 229 g/mol. The quantitative estimate of drug-likeness (QED) is 0.598. The number of carbonyl (C=O) groups is 1. The summed E-state index contributed by atoms with van der Waals surface area (Å²) in [6, 6.07) is 2.02. The number of aryl methyl sites for hydroxylation is 1. The molecule has 6 nitrogen and oxygen atoms in total. The Morgan fingerprint density at radius 1 is 1.56 bits per heavy atom. The van der Waals surface area contributed by atoms with Gasteiger partial charge in [-0.25, -0.2) is 4.79 Å². The lowest BCUT2D eigenvalue weighted by molar-refractivity contribution is -0.387. The number of hydrogen-bond donors (Lipinski definition) is 2. The Labute approximate surface area is 89.1 Å². The summed E-state index contributed by atoms with van der Waals surface area (Å²) in [6.45, 7) is 1.44. The van der Waals surface area contributed by atoms with Gasteiger partial charge in [0.2, 0.25) is 5.82 Å². The van der Waals surface area contributed by atoms with Crippen molar-refractivity contribution in [1.82, 2.24) is 0 Å². The van der Waals surface area contributed by atoms with Gasteiger partial charge in [-0.2, -0.15) is 4.39 Å². The van der Waals surface area contributed by atoms with Crippen LogP contribution in [0.2, 0.25) is 0 Å². The summed E-state index contributed by atoms with van der Waals surface area (Å²) >= 11 is 0. The van der Waals surface area contributed by atoms with E-state index in [9.17, 15) is 19.3 Å². The highest BCUT2D eigenvalue weighted by atomic mass is 19.1. The molecule has 0 aliphatic heterocycles. The van der Waals surface area contributed by atoms with Crippen LogP contribution in [0, 0.1) is 22.9 Å². The second-order valence-corrected chi connectivity index (χ2v) is 3.19. The van der Waals surface area contributed by atoms with Crippen molar-refractivity contribution in [2.24, 2.45) is 0 Å². The third kappa shape index (κ3) is 2.14. The average Bonchev–Trinajstić information content (AvgIpc) is 2.19. The van der Waals surface area contributed by atoms with Gasteiger partial charge >= 0.3 is 11.7 Å². The van der Waals surface area contributed by atoms with Crippen LogP contribution in [0.4, 0.5) is 10.1 Å². The van der Waals surface area contributed by atoms with Crippen LogP contribution in [-0.4, -0.2) is 21.1 Å². The number of nitro benzene ring substituents is 1. The maximum atomic E-state index is 13.4. The van der Waals surface area contributed by atoms with E-state index in [1.165, 1.54) is 6.92 Å². The summed E-state index contributed by atoms with van der Waals surface area (Å²) in [5.74, 6) is -3.00. The number of benzene rings is 1. The molecule has 16 heavy (non-hydrogen) atoms. The Bertz CT molecular complexity index is 459. The van der Waals surface area contributed by atoms with Gasteiger partial charge in [-0.15, -0.1) is 0 Å². The second kappa shape index (κ2) is 4.23. The second-order valence-electron chi connectivity index (χ2n) is 3.19. The van der Waals surface area contributed by atoms with Crippen molar-refractivity contribution in [1.29, 1.82) is 0 Å². The molecule has 0 aromatic heterocycles. The van der Waals surface area contributed by atoms with E-state index in [1.807, 2.05) is 0 Å². The normalized spacial score (nSPS) is 12.2. The molecule has 0 radical (unpaired) electrons. The van der Waals surface area contributed by atoms with Crippen LogP contribution < -0.4 is 0 Å². The molecule has 0 aliphatic rings. The lowest BCUT2D eigenvalue weighted by atomic mass is 10.0. The molecule has 0 amide bonds. The van der Waals surface area contributed by atoms with E-state index >= 15 is 0 Å². The lowest BCUT2D eigenvalue weighted by Crippen LogP contribution is -2.13. The standard InChI is InChI=1S/C9H8FNO5/c1-4-2-5(8(12)9(13)14)7(10)6(3-4)11(15)16/h2-3,8,12H,1H3,(H,13,14). The summed E-state index contributed by atoms with van der Waals surface area (Å²) in [7, 11) is 0. The first-order chi connectivity index (χ1) is 7.34. The van der Waals surface area contributed by atoms with Gasteiger partial charge in [-0.3, -0.25) is 10.1 Å². The number of aliphatic hydroxyl groups is 1. The zero-order valence-electron chi connectivity index (χ0n) is 8.18. The number of halogens is 1. The van der Waals surface area contributed by atoms with E-state index < -0.39 is 34.1 Å². The van der Waals surface area contributed by atoms with Crippen molar-refractivity contribution in [3.63, 3.8) is 0 Å². The van der Waals surface area contributed by atoms with E-state index in [2.05, 4.69) is 0 Å². The monoisotopic (exact) mass is 229 g/mol. The third-order valence-corrected chi connectivity index (χ3v) is 1.95. The molecular formula is C9H8FNO5. The zero-order chi connectivity index (χ0) is 12.5. The van der Waals surface area contributed by atoms with Gasteiger partial charge in [-0.1, -0.05) is 0 Å². The van der Waals surface area contributed by atoms with Crippen LogP contribution in [0.5, 0.6) is 0 Å². The van der Waals surface area contributed by atoms with Crippen LogP contribution in [0.3, 0.4) is 0 Å². The highest BCUT2D eigenvalue weighted by molar-refractivity contribution is 5.74. The van der Waals surface area contributed by atoms with E-state index in [0.29, 0.717) is 5.56 Å². The van der Waals surface area contributed by atoms with Crippen molar-refractivity contribution in [3.8, 4) is 0 Å². The Balaban J connectivity index is 3.40. The fourth-order valence-corrected chi connectivity index (χ4v) is 1.24. The van der Waals surface area contributed by atoms with Crippen molar-refractivity contribution in [2.75, 3.05) is 0 Å². The van der Waals surface area contributed by atoms with E-state index in [4.69, 9.17) is 10.2 Å². The molecule has 0 saturated carbocycles. The number of hydrogen-bond acceptors (Lipinski definition) is 4. The van der Waals surface area contributed by atoms with Crippen LogP contribution in [-0.2, 0) is 4.79 Å². The van der Waals surface area contributed by atoms with Crippen molar-refractivity contribution in [2.45, 2.75) is 13.0 Å². The highest BCUT2D eigenvalue weighted by Gasteiger charge is 2.26. The van der Waals surface area contributed by atoms with Crippen LogP contribution in [0.15, 0.2) is 12.1 Å². The highest BCUT2D eigenvalue weighted by Crippen LogP contribution is 2.27. The molecule has 0 aliphatic carbocycles. The molecular weight excluding hydrogens is 221 g/mol. The third-order valence-electron chi connectivity index (χ3n) is 1.95. The minimum absolute atomic E-state index is 0.295. The largest absolute Gasteiger partial charge is 0.479 e. The maximum absolute atomic E-state index is 13.4. The molecule has 0 saturated heterocycles. The summed E-state index contributed by atoms with van der Waals surface area (Å²) in [5, 5.41) is 28.1. The first-order valence-corrected chi connectivity index (χ1v) is 4.20. The topological polar surface area (TPSA) is 101 Å². The van der Waals surface area contributed by atoms with Crippen molar-refractivity contribution < 1.29 is 24.3 Å². The molecule has 0 heterocycles. The zero-order valence-corrected chi connectivity index (χ0v) is 8.18. The minimum Gasteiger partial charge on any atom is -0.479 e. The Hall–Kier alpha value is -2.02. The number of carboxylic acid groups (broad SMARTS) is 1. The van der Waals surface area contributed by atoms with Gasteiger partial charge in [0.25, 0.3) is 0 Å². The number of carboxylic acids is 1. The molecule has 86 valence electrons. The fourth-order valence-electron chi connectivity index (χ4n) is 1.24. The smallest absolute Gasteiger partial charge is 0.337 e. The molecule has 2 N–H and O–H groups in total. The number of nitro groups is 1. The van der Waals surface area contributed by atoms with E-state index in [0.717, 1.165) is 12.1 Å². The molecule has 0 spiro atoms.